The molecule has 33 heavy (non-hydrogen) atoms. The molecule has 0 aliphatic rings. The third kappa shape index (κ3) is 8.09. The summed E-state index contributed by atoms with van der Waals surface area (Å²) in [5.74, 6) is -3.55. The zero-order valence-corrected chi connectivity index (χ0v) is 15.0. The summed E-state index contributed by atoms with van der Waals surface area (Å²) in [6.45, 7) is -2.56. The molecule has 0 fully saturated rings. The lowest BCUT2D eigenvalue weighted by atomic mass is 10.3. The average Bonchev–Trinajstić information content (AvgIpc) is 2.63. The maximum Gasteiger partial charge on any atom is 0.495 e. The number of halogens is 10. The number of alkyl halides is 10. The van der Waals surface area contributed by atoms with Gasteiger partial charge in [-0.1, -0.05) is 6.07 Å². The van der Waals surface area contributed by atoms with Crippen LogP contribution in [-0.2, 0) is 23.7 Å². The molecular weight excluding hydrogens is 500 g/mol. The first-order chi connectivity index (χ1) is 14.7. The van der Waals surface area contributed by atoms with Crippen molar-refractivity contribution in [1.29, 1.82) is 0 Å². The van der Waals surface area contributed by atoms with Crippen molar-refractivity contribution >= 4 is 18.2 Å². The smallest absolute Gasteiger partial charge is 0.477 e. The number of hydrogen-bond acceptors (Lipinski definition) is 8. The minimum atomic E-state index is -6.78. The number of pyridine rings is 1. The van der Waals surface area contributed by atoms with Crippen LogP contribution in [0.2, 0.25) is 0 Å². The van der Waals surface area contributed by atoms with Crippen LogP contribution in [0.3, 0.4) is 0 Å². The van der Waals surface area contributed by atoms with E-state index in [1.54, 1.807) is 0 Å². The lowest BCUT2D eigenvalue weighted by molar-refractivity contribution is -0.561. The number of carbonyl (C=O) groups is 3. The van der Waals surface area contributed by atoms with Gasteiger partial charge in [0.05, 0.1) is 0 Å². The van der Waals surface area contributed by atoms with Crippen LogP contribution in [0.1, 0.15) is 21.0 Å². The molecule has 1 N–H and O–H groups in total. The van der Waals surface area contributed by atoms with Gasteiger partial charge in [0.25, 0.3) is 0 Å². The van der Waals surface area contributed by atoms with Gasteiger partial charge in [0.1, 0.15) is 11.4 Å². The van der Waals surface area contributed by atoms with Crippen molar-refractivity contribution in [2.24, 2.45) is 0 Å². The first-order valence-electron chi connectivity index (χ1n) is 7.56. The highest BCUT2D eigenvalue weighted by Gasteiger charge is 2.69. The minimum absolute atomic E-state index is 0.724. The number of aromatic carboxylic acids is 1. The van der Waals surface area contributed by atoms with Gasteiger partial charge in [-0.15, -0.1) is 8.78 Å². The first kappa shape index (κ1) is 28.0. The van der Waals surface area contributed by atoms with E-state index in [2.05, 4.69) is 19.2 Å². The van der Waals surface area contributed by atoms with Gasteiger partial charge in [-0.05, 0) is 12.1 Å². The second kappa shape index (κ2) is 9.43. The number of esters is 1. The molecule has 1 rings (SSSR count). The van der Waals surface area contributed by atoms with Crippen LogP contribution < -0.4 is 0 Å². The SMILES string of the molecule is O=CC(F)(F)OC(F)(F)OC(F)(F)C(F)(F)OC(F)(F)COC(=O)c1cccc(C(=O)O)n1. The summed E-state index contributed by atoms with van der Waals surface area (Å²) < 4.78 is 140. The predicted octanol–water partition coefficient (Wildman–Crippen LogP) is 3.11. The molecule has 0 aromatic carbocycles. The minimum Gasteiger partial charge on any atom is -0.477 e. The lowest BCUT2D eigenvalue weighted by Crippen LogP contribution is -2.53. The van der Waals surface area contributed by atoms with Gasteiger partial charge >= 0.3 is 42.7 Å². The molecule has 0 aliphatic carbocycles. The molecule has 0 atom stereocenters. The van der Waals surface area contributed by atoms with Gasteiger partial charge in [-0.3, -0.25) is 4.79 Å². The molecule has 0 saturated carbocycles. The first-order valence-corrected chi connectivity index (χ1v) is 7.56. The van der Waals surface area contributed by atoms with Gasteiger partial charge in [-0.2, -0.15) is 35.1 Å². The topological polar surface area (TPSA) is 121 Å². The Labute approximate surface area is 173 Å². The van der Waals surface area contributed by atoms with E-state index in [1.165, 1.54) is 0 Å². The van der Waals surface area contributed by atoms with Crippen LogP contribution in [0.4, 0.5) is 43.9 Å². The van der Waals surface area contributed by atoms with Crippen molar-refractivity contribution in [1.82, 2.24) is 4.98 Å². The molecule has 9 nitrogen and oxygen atoms in total. The van der Waals surface area contributed by atoms with Crippen molar-refractivity contribution in [3.05, 3.63) is 29.6 Å². The van der Waals surface area contributed by atoms with Crippen LogP contribution in [0.25, 0.3) is 0 Å². The molecule has 0 aliphatic heterocycles. The van der Waals surface area contributed by atoms with E-state index >= 15 is 0 Å². The van der Waals surface area contributed by atoms with Crippen molar-refractivity contribution in [3.8, 4) is 0 Å². The largest absolute Gasteiger partial charge is 0.495 e. The summed E-state index contributed by atoms with van der Waals surface area (Å²) in [5.41, 5.74) is -1.72. The zero-order valence-electron chi connectivity index (χ0n) is 15.0. The fourth-order valence-corrected chi connectivity index (χ4v) is 1.58. The molecule has 0 bridgehead atoms. The summed E-state index contributed by atoms with van der Waals surface area (Å²) >= 11 is 0. The number of aldehydes is 1. The number of carboxylic acids is 1. The average molecular weight is 507 g/mol. The molecule has 1 aromatic heterocycles. The number of hydrogen-bond donors (Lipinski definition) is 1. The van der Waals surface area contributed by atoms with Gasteiger partial charge in [-0.25, -0.2) is 28.8 Å². The number of carboxylic acid groups (broad SMARTS) is 1. The molecule has 0 radical (unpaired) electrons. The third-order valence-corrected chi connectivity index (χ3v) is 2.80. The maximum atomic E-state index is 13.4. The highest BCUT2D eigenvalue weighted by atomic mass is 19.3. The van der Waals surface area contributed by atoms with E-state index in [4.69, 9.17) is 5.11 Å². The zero-order chi connectivity index (χ0) is 25.9. The van der Waals surface area contributed by atoms with E-state index in [0.29, 0.717) is 0 Å². The van der Waals surface area contributed by atoms with Gasteiger partial charge in [0.2, 0.25) is 6.29 Å². The Kier molecular flexibility index (Phi) is 8.00. The second-order valence-electron chi connectivity index (χ2n) is 5.41. The standard InChI is InChI=1S/C14H7F10NO8/c15-10(16,4-26)32-14(23,24)33-13(21,22)12(19,20)31-11(17,18)5-30-9(29)7-3-1-2-6(25-7)8(27)28/h1-4H,5H2,(H,27,28). The number of ether oxygens (including phenoxy) is 4. The van der Waals surface area contributed by atoms with Crippen LogP contribution in [-0.4, -0.2) is 65.7 Å². The molecule has 0 amide bonds. The van der Waals surface area contributed by atoms with E-state index < -0.39 is 66.9 Å². The molecule has 19 heteroatoms. The Bertz CT molecular complexity index is 894. The van der Waals surface area contributed by atoms with Crippen LogP contribution in [0.15, 0.2) is 18.2 Å². The van der Waals surface area contributed by atoms with Crippen molar-refractivity contribution in [3.63, 3.8) is 0 Å². The Morgan fingerprint density at radius 3 is 1.91 bits per heavy atom. The van der Waals surface area contributed by atoms with Crippen LogP contribution in [0.5, 0.6) is 0 Å². The summed E-state index contributed by atoms with van der Waals surface area (Å²) in [5, 5.41) is 8.67. The molecule has 1 aromatic rings. The van der Waals surface area contributed by atoms with Gasteiger partial charge in [0, 0.05) is 0 Å². The maximum absolute atomic E-state index is 13.4. The quantitative estimate of drug-likeness (QED) is 0.197. The predicted molar refractivity (Wildman–Crippen MR) is 75.5 cm³/mol. The Balaban J connectivity index is 2.87. The Hall–Kier alpha value is -3.06. The van der Waals surface area contributed by atoms with Crippen LogP contribution >= 0.6 is 0 Å². The highest BCUT2D eigenvalue weighted by molar-refractivity contribution is 5.90. The normalized spacial score (nSPS) is 13.5. The van der Waals surface area contributed by atoms with E-state index in [9.17, 15) is 58.3 Å². The fourth-order valence-electron chi connectivity index (χ4n) is 1.58. The second-order valence-corrected chi connectivity index (χ2v) is 5.41. The van der Waals surface area contributed by atoms with Crippen molar-refractivity contribution in [2.45, 2.75) is 30.7 Å². The molecular formula is C14H7F10NO8. The molecule has 186 valence electrons. The van der Waals surface area contributed by atoms with Crippen LogP contribution in [0, 0.1) is 0 Å². The van der Waals surface area contributed by atoms with Gasteiger partial charge < -0.3 is 9.84 Å². The molecule has 0 unspecified atom stereocenters. The molecule has 0 spiro atoms. The van der Waals surface area contributed by atoms with Gasteiger partial charge in [0.15, 0.2) is 6.61 Å². The number of aromatic nitrogens is 1. The van der Waals surface area contributed by atoms with Crippen molar-refractivity contribution < 1.29 is 82.3 Å². The summed E-state index contributed by atoms with van der Waals surface area (Å²) in [6.07, 6.45) is -32.5. The van der Waals surface area contributed by atoms with Crippen molar-refractivity contribution in [2.75, 3.05) is 6.61 Å². The van der Waals surface area contributed by atoms with E-state index in [0.717, 1.165) is 18.2 Å². The molecule has 0 saturated heterocycles. The monoisotopic (exact) mass is 507 g/mol. The summed E-state index contributed by atoms with van der Waals surface area (Å²) in [4.78, 5) is 35.1. The fraction of sp³-hybridized carbons (Fsp3) is 0.429. The Morgan fingerprint density at radius 1 is 0.879 bits per heavy atom. The van der Waals surface area contributed by atoms with E-state index in [1.807, 2.05) is 4.74 Å². The number of nitrogens with zero attached hydrogens (tertiary/aromatic N) is 1. The summed E-state index contributed by atoms with van der Waals surface area (Å²) in [6, 6.07) is 2.47. The number of rotatable bonds is 12. The Morgan fingerprint density at radius 2 is 1.39 bits per heavy atom. The summed E-state index contributed by atoms with van der Waals surface area (Å²) in [7, 11) is 0. The molecule has 1 heterocycles. The highest BCUT2D eigenvalue weighted by Crippen LogP contribution is 2.44. The third-order valence-electron chi connectivity index (χ3n) is 2.80. The van der Waals surface area contributed by atoms with E-state index in [-0.39, 0.29) is 0 Å². The number of carbonyl (C=O) groups excluding carboxylic acids is 2. The lowest BCUT2D eigenvalue weighted by Gasteiger charge is -2.31.